The molecular weight excluding hydrogens is 384 g/mol. The summed E-state index contributed by atoms with van der Waals surface area (Å²) in [4.78, 5) is 27.5. The smallest absolute Gasteiger partial charge is 0.254 e. The number of amides is 1. The molecule has 0 radical (unpaired) electrons. The van der Waals surface area contributed by atoms with E-state index in [1.165, 1.54) is 32.1 Å². The van der Waals surface area contributed by atoms with Gasteiger partial charge in [-0.3, -0.25) is 14.7 Å². The summed E-state index contributed by atoms with van der Waals surface area (Å²) < 4.78 is 0. The Morgan fingerprint density at radius 1 is 0.935 bits per heavy atom. The third kappa shape index (κ3) is 4.19. The van der Waals surface area contributed by atoms with Crippen molar-refractivity contribution in [3.05, 3.63) is 59.8 Å². The molecule has 2 aliphatic rings. The topological polar surface area (TPSA) is 49.3 Å². The van der Waals surface area contributed by atoms with Gasteiger partial charge in [0.25, 0.3) is 5.91 Å². The number of hydrogen-bond donors (Lipinski definition) is 0. The number of pyridine rings is 2. The number of rotatable bonds is 3. The Balaban J connectivity index is 1.43. The lowest BCUT2D eigenvalue weighted by Gasteiger charge is -2.40. The molecule has 2 fully saturated rings. The van der Waals surface area contributed by atoms with Crippen molar-refractivity contribution in [3.63, 3.8) is 0 Å². The number of aromatic nitrogens is 2. The fourth-order valence-corrected chi connectivity index (χ4v) is 5.07. The van der Waals surface area contributed by atoms with Gasteiger partial charge in [0.1, 0.15) is 0 Å². The number of carbonyl (C=O) groups excluding carboxylic acids is 1. The molecule has 3 heterocycles. The van der Waals surface area contributed by atoms with Crippen LogP contribution in [0.4, 0.5) is 0 Å². The van der Waals surface area contributed by atoms with E-state index >= 15 is 0 Å². The average Bonchev–Trinajstić information content (AvgIpc) is 2.84. The Morgan fingerprint density at radius 3 is 2.48 bits per heavy atom. The monoisotopic (exact) mass is 414 g/mol. The van der Waals surface area contributed by atoms with Gasteiger partial charge in [0.05, 0.1) is 22.5 Å². The summed E-state index contributed by atoms with van der Waals surface area (Å²) in [6.07, 6.45) is 8.47. The molecule has 0 atom stereocenters. The van der Waals surface area contributed by atoms with Gasteiger partial charge in [-0.15, -0.1) is 0 Å². The van der Waals surface area contributed by atoms with E-state index in [0.29, 0.717) is 6.04 Å². The molecule has 160 valence electrons. The van der Waals surface area contributed by atoms with Gasteiger partial charge in [-0.05, 0) is 50.1 Å². The van der Waals surface area contributed by atoms with E-state index < -0.39 is 0 Å². The summed E-state index contributed by atoms with van der Waals surface area (Å²) >= 11 is 0. The maximum atomic E-state index is 13.7. The van der Waals surface area contributed by atoms with Crippen molar-refractivity contribution in [2.24, 2.45) is 0 Å². The minimum atomic E-state index is 0.110. The molecule has 0 unspecified atom stereocenters. The van der Waals surface area contributed by atoms with E-state index in [-0.39, 0.29) is 5.91 Å². The lowest BCUT2D eigenvalue weighted by atomic mass is 9.94. The van der Waals surface area contributed by atoms with Crippen LogP contribution in [0.15, 0.2) is 48.7 Å². The molecule has 1 aliphatic heterocycles. The first-order chi connectivity index (χ1) is 15.2. The summed E-state index contributed by atoms with van der Waals surface area (Å²) in [5.74, 6) is 0.110. The Bertz CT molecular complexity index is 1070. The van der Waals surface area contributed by atoms with Crippen molar-refractivity contribution >= 4 is 16.8 Å². The van der Waals surface area contributed by atoms with Crippen molar-refractivity contribution in [3.8, 4) is 11.4 Å². The highest BCUT2D eigenvalue weighted by Crippen LogP contribution is 2.27. The molecule has 31 heavy (non-hydrogen) atoms. The number of piperazine rings is 1. The average molecular weight is 415 g/mol. The van der Waals surface area contributed by atoms with Gasteiger partial charge in [-0.2, -0.15) is 0 Å². The summed E-state index contributed by atoms with van der Waals surface area (Å²) in [5, 5.41) is 0.930. The van der Waals surface area contributed by atoms with Gasteiger partial charge >= 0.3 is 0 Å². The number of benzene rings is 1. The van der Waals surface area contributed by atoms with Crippen LogP contribution in [0.2, 0.25) is 0 Å². The molecule has 5 heteroatoms. The van der Waals surface area contributed by atoms with Gasteiger partial charge in [0, 0.05) is 43.8 Å². The summed E-state index contributed by atoms with van der Waals surface area (Å²) in [7, 11) is 0. The maximum Gasteiger partial charge on any atom is 0.254 e. The Morgan fingerprint density at radius 2 is 1.74 bits per heavy atom. The first-order valence-electron chi connectivity index (χ1n) is 11.6. The highest BCUT2D eigenvalue weighted by molar-refractivity contribution is 6.07. The molecule has 0 spiro atoms. The lowest BCUT2D eigenvalue weighted by molar-refractivity contribution is 0.0525. The molecule has 3 aromatic rings. The van der Waals surface area contributed by atoms with E-state index in [1.54, 1.807) is 6.20 Å². The highest BCUT2D eigenvalue weighted by Gasteiger charge is 2.28. The second-order valence-electron chi connectivity index (χ2n) is 8.91. The van der Waals surface area contributed by atoms with E-state index in [9.17, 15) is 4.79 Å². The van der Waals surface area contributed by atoms with Gasteiger partial charge < -0.3 is 4.90 Å². The van der Waals surface area contributed by atoms with E-state index in [1.807, 2.05) is 35.2 Å². The van der Waals surface area contributed by atoms with Crippen LogP contribution < -0.4 is 0 Å². The number of aryl methyl sites for hydroxylation is 1. The summed E-state index contributed by atoms with van der Waals surface area (Å²) in [5.41, 5.74) is 4.26. The number of nitrogens with zero attached hydrogens (tertiary/aromatic N) is 4. The molecule has 1 saturated heterocycles. The van der Waals surface area contributed by atoms with Crippen molar-refractivity contribution in [2.45, 2.75) is 45.1 Å². The Kier molecular flexibility index (Phi) is 5.68. The number of hydrogen-bond acceptors (Lipinski definition) is 4. The zero-order chi connectivity index (χ0) is 21.2. The SMILES string of the molecule is Cc1ccc2nc(-c3ccccn3)cc(C(=O)N3CCN(C4CCCCC4)CC3)c2c1. The number of carbonyl (C=O) groups is 1. The molecule has 5 nitrogen and oxygen atoms in total. The predicted molar refractivity (Wildman–Crippen MR) is 124 cm³/mol. The lowest BCUT2D eigenvalue weighted by Crippen LogP contribution is -2.52. The van der Waals surface area contributed by atoms with Crippen molar-refractivity contribution in [2.75, 3.05) is 26.2 Å². The quantitative estimate of drug-likeness (QED) is 0.624. The molecule has 1 aromatic carbocycles. The molecular formula is C26H30N4O. The van der Waals surface area contributed by atoms with Crippen LogP contribution in [0.1, 0.15) is 48.0 Å². The standard InChI is InChI=1S/C26H30N4O/c1-19-10-11-23-21(17-19)22(18-25(28-23)24-9-5-6-12-27-24)26(31)30-15-13-29(14-16-30)20-7-3-2-4-8-20/h5-6,9-12,17-18,20H,2-4,7-8,13-16H2,1H3. The van der Waals surface area contributed by atoms with Crippen molar-refractivity contribution in [1.29, 1.82) is 0 Å². The van der Waals surface area contributed by atoms with E-state index in [4.69, 9.17) is 4.98 Å². The van der Waals surface area contributed by atoms with Crippen molar-refractivity contribution < 1.29 is 4.79 Å². The van der Waals surface area contributed by atoms with Crippen LogP contribution >= 0.6 is 0 Å². The molecule has 0 bridgehead atoms. The minimum absolute atomic E-state index is 0.110. The first-order valence-corrected chi connectivity index (χ1v) is 11.6. The fourth-order valence-electron chi connectivity index (χ4n) is 5.07. The van der Waals surface area contributed by atoms with Gasteiger partial charge in [0.2, 0.25) is 0 Å². The predicted octanol–water partition coefficient (Wildman–Crippen LogP) is 4.70. The van der Waals surface area contributed by atoms with E-state index in [2.05, 4.69) is 28.9 Å². The third-order valence-electron chi connectivity index (χ3n) is 6.81. The van der Waals surface area contributed by atoms with Crippen LogP contribution in [0, 0.1) is 6.92 Å². The summed E-state index contributed by atoms with van der Waals surface area (Å²) in [6, 6.07) is 14.6. The zero-order valence-electron chi connectivity index (χ0n) is 18.3. The second kappa shape index (κ2) is 8.75. The van der Waals surface area contributed by atoms with Gasteiger partial charge in [-0.25, -0.2) is 4.98 Å². The molecule has 0 N–H and O–H groups in total. The largest absolute Gasteiger partial charge is 0.336 e. The highest BCUT2D eigenvalue weighted by atomic mass is 16.2. The van der Waals surface area contributed by atoms with Gasteiger partial charge in [0.15, 0.2) is 0 Å². The zero-order valence-corrected chi connectivity index (χ0v) is 18.3. The van der Waals surface area contributed by atoms with Crippen LogP contribution in [-0.4, -0.2) is 57.9 Å². The molecule has 1 saturated carbocycles. The fraction of sp³-hybridized carbons (Fsp3) is 0.423. The van der Waals surface area contributed by atoms with Crippen molar-refractivity contribution in [1.82, 2.24) is 19.8 Å². The molecule has 2 aromatic heterocycles. The van der Waals surface area contributed by atoms with Crippen LogP contribution in [0.25, 0.3) is 22.3 Å². The molecule has 1 amide bonds. The maximum absolute atomic E-state index is 13.7. The van der Waals surface area contributed by atoms with Crippen LogP contribution in [-0.2, 0) is 0 Å². The normalized spacial score (nSPS) is 18.4. The van der Waals surface area contributed by atoms with Crippen LogP contribution in [0.5, 0.6) is 0 Å². The minimum Gasteiger partial charge on any atom is -0.336 e. The Hall–Kier alpha value is -2.79. The van der Waals surface area contributed by atoms with Gasteiger partial charge in [-0.1, -0.05) is 37.0 Å². The Labute approximate surface area is 184 Å². The molecule has 1 aliphatic carbocycles. The third-order valence-corrected chi connectivity index (χ3v) is 6.81. The van der Waals surface area contributed by atoms with E-state index in [0.717, 1.165) is 59.6 Å². The van der Waals surface area contributed by atoms with Crippen LogP contribution in [0.3, 0.4) is 0 Å². The molecule has 5 rings (SSSR count). The number of fused-ring (bicyclic) bond motifs is 1. The summed E-state index contributed by atoms with van der Waals surface area (Å²) in [6.45, 7) is 5.61. The second-order valence-corrected chi connectivity index (χ2v) is 8.91. The first kappa shape index (κ1) is 20.1.